The van der Waals surface area contributed by atoms with Crippen molar-refractivity contribution in [2.45, 2.75) is 12.6 Å². The molecule has 0 spiro atoms. The number of methoxy groups -OCH3 is 1. The van der Waals surface area contributed by atoms with E-state index in [4.69, 9.17) is 5.73 Å². The quantitative estimate of drug-likeness (QED) is 0.655. The summed E-state index contributed by atoms with van der Waals surface area (Å²) in [5, 5.41) is 0. The molecule has 2 N–H and O–H groups in total. The lowest BCUT2D eigenvalue weighted by atomic mass is 10.2. The van der Waals surface area contributed by atoms with Gasteiger partial charge < -0.3 is 10.5 Å². The second kappa shape index (κ2) is 6.63. The zero-order valence-corrected chi connectivity index (χ0v) is 11.1. The molecular weight excluding hydrogens is 256 g/mol. The number of nitrogens with two attached hydrogens (primary N) is 1. The van der Waals surface area contributed by atoms with Gasteiger partial charge in [0, 0.05) is 18.1 Å². The van der Waals surface area contributed by atoms with Gasteiger partial charge in [-0.25, -0.2) is 9.97 Å². The highest BCUT2D eigenvalue weighted by Gasteiger charge is 2.22. The van der Waals surface area contributed by atoms with Gasteiger partial charge in [0.05, 0.1) is 19.7 Å². The minimum atomic E-state index is -0.604. The summed E-state index contributed by atoms with van der Waals surface area (Å²) in [6, 6.07) is 11.2. The van der Waals surface area contributed by atoms with Gasteiger partial charge in [-0.1, -0.05) is 18.2 Å². The van der Waals surface area contributed by atoms with Crippen LogP contribution in [0.4, 0.5) is 11.6 Å². The average molecular weight is 272 g/mol. The topological polar surface area (TPSA) is 81.3 Å². The number of carbonyl (C=O) groups excluding carboxylic acids is 1. The summed E-state index contributed by atoms with van der Waals surface area (Å²) in [7, 11) is 1.33. The van der Waals surface area contributed by atoms with E-state index >= 15 is 0 Å². The summed E-state index contributed by atoms with van der Waals surface area (Å²) < 4.78 is 4.66. The summed E-state index contributed by atoms with van der Waals surface area (Å²) in [5.74, 6) is 0.0597. The van der Waals surface area contributed by atoms with E-state index in [9.17, 15) is 4.79 Å². The van der Waals surface area contributed by atoms with E-state index in [1.165, 1.54) is 7.11 Å². The van der Waals surface area contributed by atoms with Crippen LogP contribution in [0.25, 0.3) is 0 Å². The molecule has 0 aliphatic rings. The molecule has 6 heteroatoms. The fourth-order valence-corrected chi connectivity index (χ4v) is 1.80. The van der Waals surface area contributed by atoms with Crippen molar-refractivity contribution in [3.05, 3.63) is 48.8 Å². The molecule has 1 unspecified atom stereocenters. The summed E-state index contributed by atoms with van der Waals surface area (Å²) in [6.07, 6.45) is 2.70. The minimum Gasteiger partial charge on any atom is -0.469 e. The average Bonchev–Trinajstić information content (AvgIpc) is 2.49. The third-order valence-corrected chi connectivity index (χ3v) is 2.74. The molecule has 0 fully saturated rings. The molecule has 0 bridgehead atoms. The number of esters is 1. The van der Waals surface area contributed by atoms with E-state index in [2.05, 4.69) is 14.7 Å². The molecule has 0 radical (unpaired) electrons. The SMILES string of the molecule is COC(=O)CC(N)N(c1ccccc1)c1ncccn1. The molecular formula is C14H16N4O2. The Kier molecular flexibility index (Phi) is 4.62. The van der Waals surface area contributed by atoms with E-state index in [1.807, 2.05) is 30.3 Å². The molecule has 0 amide bonds. The number of aromatic nitrogens is 2. The molecule has 20 heavy (non-hydrogen) atoms. The van der Waals surface area contributed by atoms with Crippen LogP contribution in [0.15, 0.2) is 48.8 Å². The Morgan fingerprint density at radius 2 is 1.90 bits per heavy atom. The number of hydrogen-bond acceptors (Lipinski definition) is 6. The van der Waals surface area contributed by atoms with Crippen LogP contribution in [0.1, 0.15) is 6.42 Å². The molecule has 1 aromatic heterocycles. The maximum Gasteiger partial charge on any atom is 0.308 e. The monoisotopic (exact) mass is 272 g/mol. The number of para-hydroxylation sites is 1. The van der Waals surface area contributed by atoms with Crippen molar-refractivity contribution in [1.82, 2.24) is 9.97 Å². The van der Waals surface area contributed by atoms with Gasteiger partial charge in [-0.3, -0.25) is 9.69 Å². The summed E-state index contributed by atoms with van der Waals surface area (Å²) in [5.41, 5.74) is 6.92. The predicted molar refractivity (Wildman–Crippen MR) is 75.2 cm³/mol. The molecule has 6 nitrogen and oxygen atoms in total. The Labute approximate surface area is 117 Å². The van der Waals surface area contributed by atoms with Crippen LogP contribution in [0.2, 0.25) is 0 Å². The van der Waals surface area contributed by atoms with Gasteiger partial charge >= 0.3 is 5.97 Å². The highest BCUT2D eigenvalue weighted by Crippen LogP contribution is 2.23. The van der Waals surface area contributed by atoms with Crippen molar-refractivity contribution in [2.75, 3.05) is 12.0 Å². The Morgan fingerprint density at radius 1 is 1.25 bits per heavy atom. The maximum absolute atomic E-state index is 11.4. The van der Waals surface area contributed by atoms with Gasteiger partial charge in [0.15, 0.2) is 0 Å². The van der Waals surface area contributed by atoms with Crippen LogP contribution in [-0.2, 0) is 9.53 Å². The molecule has 0 saturated heterocycles. The van der Waals surface area contributed by atoms with Crippen LogP contribution in [0.5, 0.6) is 0 Å². The lowest BCUT2D eigenvalue weighted by molar-refractivity contribution is -0.140. The van der Waals surface area contributed by atoms with E-state index in [1.54, 1.807) is 23.4 Å². The first kappa shape index (κ1) is 14.0. The number of nitrogens with zero attached hydrogens (tertiary/aromatic N) is 3. The fourth-order valence-electron chi connectivity index (χ4n) is 1.80. The first-order valence-corrected chi connectivity index (χ1v) is 6.16. The summed E-state index contributed by atoms with van der Waals surface area (Å²) in [4.78, 5) is 21.5. The minimum absolute atomic E-state index is 0.0453. The van der Waals surface area contributed by atoms with Gasteiger partial charge in [-0.2, -0.15) is 0 Å². The third kappa shape index (κ3) is 3.30. The standard InChI is InChI=1S/C14H16N4O2/c1-20-13(19)10-12(15)18(11-6-3-2-4-7-11)14-16-8-5-9-17-14/h2-9,12H,10,15H2,1H3. The lowest BCUT2D eigenvalue weighted by Gasteiger charge is -2.28. The Hall–Kier alpha value is -2.47. The fraction of sp³-hybridized carbons (Fsp3) is 0.214. The molecule has 104 valence electrons. The third-order valence-electron chi connectivity index (χ3n) is 2.74. The Balaban J connectivity index is 2.32. The largest absolute Gasteiger partial charge is 0.469 e. The molecule has 2 aromatic rings. The van der Waals surface area contributed by atoms with Gasteiger partial charge in [0.1, 0.15) is 0 Å². The van der Waals surface area contributed by atoms with Crippen molar-refractivity contribution in [2.24, 2.45) is 5.73 Å². The van der Waals surface area contributed by atoms with Gasteiger partial charge in [-0.15, -0.1) is 0 Å². The number of rotatable bonds is 5. The van der Waals surface area contributed by atoms with Crippen LogP contribution >= 0.6 is 0 Å². The first-order chi connectivity index (χ1) is 9.72. The summed E-state index contributed by atoms with van der Waals surface area (Å²) >= 11 is 0. The highest BCUT2D eigenvalue weighted by atomic mass is 16.5. The number of benzene rings is 1. The number of hydrogen-bond donors (Lipinski definition) is 1. The smallest absolute Gasteiger partial charge is 0.308 e. The lowest BCUT2D eigenvalue weighted by Crippen LogP contribution is -2.41. The maximum atomic E-state index is 11.4. The van der Waals surface area contributed by atoms with Crippen molar-refractivity contribution >= 4 is 17.6 Å². The number of carbonyl (C=O) groups is 1. The molecule has 1 aromatic carbocycles. The molecule has 0 aliphatic heterocycles. The van der Waals surface area contributed by atoms with E-state index < -0.39 is 6.17 Å². The van der Waals surface area contributed by atoms with E-state index in [0.29, 0.717) is 5.95 Å². The normalized spacial score (nSPS) is 11.7. The van der Waals surface area contributed by atoms with E-state index in [-0.39, 0.29) is 12.4 Å². The Morgan fingerprint density at radius 3 is 2.50 bits per heavy atom. The molecule has 1 heterocycles. The van der Waals surface area contributed by atoms with Crippen molar-refractivity contribution in [1.29, 1.82) is 0 Å². The highest BCUT2D eigenvalue weighted by molar-refractivity contribution is 5.71. The first-order valence-electron chi connectivity index (χ1n) is 6.16. The van der Waals surface area contributed by atoms with Crippen LogP contribution < -0.4 is 10.6 Å². The molecule has 1 atom stereocenters. The summed E-state index contributed by atoms with van der Waals surface area (Å²) in [6.45, 7) is 0. The van der Waals surface area contributed by atoms with Crippen LogP contribution in [-0.4, -0.2) is 29.2 Å². The number of anilines is 2. The van der Waals surface area contributed by atoms with Gasteiger partial charge in [0.25, 0.3) is 0 Å². The van der Waals surface area contributed by atoms with Crippen molar-refractivity contribution < 1.29 is 9.53 Å². The number of ether oxygens (including phenoxy) is 1. The second-order valence-electron chi connectivity index (χ2n) is 4.10. The second-order valence-corrected chi connectivity index (χ2v) is 4.10. The van der Waals surface area contributed by atoms with Crippen LogP contribution in [0, 0.1) is 0 Å². The van der Waals surface area contributed by atoms with Crippen molar-refractivity contribution in [3.8, 4) is 0 Å². The Bertz CT molecular complexity index is 508. The van der Waals surface area contributed by atoms with Gasteiger partial charge in [0.2, 0.25) is 5.95 Å². The predicted octanol–water partition coefficient (Wildman–Crippen LogP) is 1.46. The zero-order chi connectivity index (χ0) is 14.4. The van der Waals surface area contributed by atoms with Crippen molar-refractivity contribution in [3.63, 3.8) is 0 Å². The van der Waals surface area contributed by atoms with Gasteiger partial charge in [-0.05, 0) is 18.2 Å². The molecule has 0 aliphatic carbocycles. The zero-order valence-electron chi connectivity index (χ0n) is 11.1. The molecule has 0 saturated carbocycles. The van der Waals surface area contributed by atoms with Crippen LogP contribution in [0.3, 0.4) is 0 Å². The van der Waals surface area contributed by atoms with E-state index in [0.717, 1.165) is 5.69 Å². The molecule has 2 rings (SSSR count).